The minimum absolute atomic E-state index is 0.0435. The quantitative estimate of drug-likeness (QED) is 0.0580. The maximum absolute atomic E-state index is 12.8. The van der Waals surface area contributed by atoms with E-state index in [-0.39, 0.29) is 42.4 Å². The van der Waals surface area contributed by atoms with Gasteiger partial charge in [0.1, 0.15) is 12.5 Å². The Morgan fingerprint density at radius 2 is 1.93 bits per heavy atom. The van der Waals surface area contributed by atoms with Crippen LogP contribution in [0.3, 0.4) is 0 Å². The third-order valence-corrected chi connectivity index (χ3v) is 13.8. The van der Waals surface area contributed by atoms with Gasteiger partial charge in [-0.15, -0.1) is 0 Å². The van der Waals surface area contributed by atoms with Gasteiger partial charge in [-0.3, -0.25) is 10.1 Å². The molecule has 0 saturated heterocycles. The standard InChI is InChI=1S/C47H68N2O7/c1-31(37-14-13-32(2)44(54)49-45(4,21-24-56-6)27-35-11-8-10-34(25-35)26-37)9-7-12-39(30-52)40-17-19-47(43(40)53)42-36(18-23-50)15-16-38(41(42)33(3)29-51)28-46(47,55)20-22-48-5/h7-13,15-16,25,29,36-38,40,42-44,48-50,52-55H,1,14,17-24,26-28,30H2,2-6H3/b9-7+,32-13+,39-12-,41-33?/t36-,37-,38-,40-,42-,43+,44+,45-,46+,47+/m0/s1. The third kappa shape index (κ3) is 9.16. The molecule has 9 nitrogen and oxygen atoms in total. The van der Waals surface area contributed by atoms with Crippen LogP contribution in [0, 0.1) is 35.0 Å². The number of nitrogens with one attached hydrogen (secondary N) is 2. The molecule has 1 aromatic carbocycles. The van der Waals surface area contributed by atoms with Crippen LogP contribution < -0.4 is 10.6 Å². The number of hydrogen-bond donors (Lipinski definition) is 7. The first kappa shape index (κ1) is 44.1. The number of aliphatic hydroxyl groups is 5. The Morgan fingerprint density at radius 3 is 2.62 bits per heavy atom. The van der Waals surface area contributed by atoms with Gasteiger partial charge in [0.05, 0.1) is 18.3 Å². The Morgan fingerprint density at radius 1 is 1.16 bits per heavy atom. The molecule has 1 spiro atoms. The van der Waals surface area contributed by atoms with Crippen LogP contribution in [0.5, 0.6) is 0 Å². The predicted octanol–water partition coefficient (Wildman–Crippen LogP) is 5.29. The average Bonchev–Trinajstić information content (AvgIpc) is 3.52. The number of ether oxygens (including phenoxy) is 1. The smallest absolute Gasteiger partial charge is 0.145 e. The summed E-state index contributed by atoms with van der Waals surface area (Å²) in [6, 6.07) is 8.63. The Balaban J connectivity index is 1.43. The summed E-state index contributed by atoms with van der Waals surface area (Å²) in [6.07, 6.45) is 16.5. The lowest BCUT2D eigenvalue weighted by Crippen LogP contribution is -2.65. The Labute approximate surface area is 335 Å². The molecular weight excluding hydrogens is 705 g/mol. The van der Waals surface area contributed by atoms with Gasteiger partial charge < -0.3 is 35.6 Å². The molecule has 1 aromatic rings. The highest BCUT2D eigenvalue weighted by Gasteiger charge is 2.68. The van der Waals surface area contributed by atoms with Crippen molar-refractivity contribution in [3.05, 3.63) is 106 Å². The summed E-state index contributed by atoms with van der Waals surface area (Å²) < 4.78 is 5.40. The van der Waals surface area contributed by atoms with Crippen molar-refractivity contribution in [3.8, 4) is 0 Å². The Hall–Kier alpha value is -2.99. The molecule has 0 amide bonds. The number of aldehydes is 1. The highest BCUT2D eigenvalue weighted by atomic mass is 16.5. The van der Waals surface area contributed by atoms with Crippen molar-refractivity contribution in [1.29, 1.82) is 0 Å². The molecule has 9 heteroatoms. The van der Waals surface area contributed by atoms with Crippen LogP contribution in [-0.2, 0) is 22.4 Å². The number of methoxy groups -OCH3 is 1. The van der Waals surface area contributed by atoms with Gasteiger partial charge in [0.25, 0.3) is 0 Å². The van der Waals surface area contributed by atoms with Crippen LogP contribution in [-0.4, -0.2) is 95.8 Å². The lowest BCUT2D eigenvalue weighted by atomic mass is 9.45. The fourth-order valence-electron chi connectivity index (χ4n) is 10.7. The van der Waals surface area contributed by atoms with Crippen molar-refractivity contribution in [1.82, 2.24) is 10.6 Å². The first-order valence-corrected chi connectivity index (χ1v) is 20.7. The third-order valence-electron chi connectivity index (χ3n) is 13.8. The Kier molecular flexibility index (Phi) is 15.1. The van der Waals surface area contributed by atoms with Crippen molar-refractivity contribution in [3.63, 3.8) is 0 Å². The molecule has 5 rings (SSSR count). The zero-order chi connectivity index (χ0) is 40.7. The van der Waals surface area contributed by atoms with Gasteiger partial charge in [-0.25, -0.2) is 0 Å². The number of rotatable bonds is 14. The van der Waals surface area contributed by atoms with Crippen LogP contribution in [0.25, 0.3) is 0 Å². The lowest BCUT2D eigenvalue weighted by Gasteiger charge is -2.61. The van der Waals surface area contributed by atoms with E-state index in [1.54, 1.807) is 7.11 Å². The minimum Gasteiger partial charge on any atom is -0.396 e. The molecular formula is C47H68N2O7. The second kappa shape index (κ2) is 19.2. The molecule has 0 radical (unpaired) electrons. The largest absolute Gasteiger partial charge is 0.396 e. The van der Waals surface area contributed by atoms with Crippen molar-refractivity contribution in [2.45, 2.75) is 102 Å². The zero-order valence-electron chi connectivity index (χ0n) is 34.3. The molecule has 4 bridgehead atoms. The molecule has 2 fully saturated rings. The van der Waals surface area contributed by atoms with Gasteiger partial charge >= 0.3 is 0 Å². The zero-order valence-corrected chi connectivity index (χ0v) is 34.3. The van der Waals surface area contributed by atoms with E-state index in [0.717, 1.165) is 42.3 Å². The molecule has 10 atom stereocenters. The van der Waals surface area contributed by atoms with Crippen LogP contribution >= 0.6 is 0 Å². The molecule has 2 saturated carbocycles. The van der Waals surface area contributed by atoms with Crippen molar-refractivity contribution < 1.29 is 35.1 Å². The van der Waals surface area contributed by atoms with Gasteiger partial charge in [-0.2, -0.15) is 0 Å². The summed E-state index contributed by atoms with van der Waals surface area (Å²) in [5.41, 5.74) is 3.88. The van der Waals surface area contributed by atoms with Crippen molar-refractivity contribution >= 4 is 6.29 Å². The highest BCUT2D eigenvalue weighted by Crippen LogP contribution is 2.67. The van der Waals surface area contributed by atoms with Crippen molar-refractivity contribution in [2.24, 2.45) is 35.0 Å². The van der Waals surface area contributed by atoms with E-state index >= 15 is 0 Å². The molecule has 4 aliphatic rings. The normalized spacial score (nSPS) is 36.9. The summed E-state index contributed by atoms with van der Waals surface area (Å²) >= 11 is 0. The summed E-state index contributed by atoms with van der Waals surface area (Å²) in [7, 11) is 3.55. The molecule has 1 heterocycles. The molecule has 56 heavy (non-hydrogen) atoms. The average molecular weight is 773 g/mol. The molecule has 1 aliphatic heterocycles. The van der Waals surface area contributed by atoms with Gasteiger partial charge in [0, 0.05) is 43.1 Å². The number of benzene rings is 1. The molecule has 0 aromatic heterocycles. The maximum Gasteiger partial charge on any atom is 0.145 e. The van der Waals surface area contributed by atoms with Gasteiger partial charge in [-0.1, -0.05) is 78.4 Å². The van der Waals surface area contributed by atoms with E-state index in [4.69, 9.17) is 4.74 Å². The van der Waals surface area contributed by atoms with E-state index < -0.39 is 29.3 Å². The van der Waals surface area contributed by atoms with Crippen LogP contribution in [0.15, 0.2) is 95.2 Å². The summed E-state index contributed by atoms with van der Waals surface area (Å²) in [5.74, 6) is -0.960. The lowest BCUT2D eigenvalue weighted by molar-refractivity contribution is -0.194. The number of hydrogen-bond acceptors (Lipinski definition) is 9. The SMILES string of the molecule is C=C(/C=C/C=C(/CO)[C@@H]1CC[C@]2([C@@H]1O)[C@@H]1C(=C(C)C=O)[C@@H](C=C[C@H]1CCO)C[C@]2(O)CCNC)[C@H]1C/C=C(\C)[C@@H](O)N[C@@](C)(CCOC)Cc2cccc(c2)C1. The van der Waals surface area contributed by atoms with Crippen LogP contribution in [0.4, 0.5) is 0 Å². The fraction of sp³-hybridized carbons (Fsp3) is 0.596. The summed E-state index contributed by atoms with van der Waals surface area (Å²) in [4.78, 5) is 12.3. The Bertz CT molecular complexity index is 1700. The van der Waals surface area contributed by atoms with E-state index in [9.17, 15) is 30.3 Å². The monoisotopic (exact) mass is 773 g/mol. The van der Waals surface area contributed by atoms with Crippen LogP contribution in [0.1, 0.15) is 76.8 Å². The number of allylic oxidation sites excluding steroid dienone is 9. The topological polar surface area (TPSA) is 152 Å². The highest BCUT2D eigenvalue weighted by molar-refractivity contribution is 5.74. The number of fused-ring (bicyclic) bond motifs is 5. The number of carbonyl (C=O) groups is 1. The minimum atomic E-state index is -1.24. The second-order valence-corrected chi connectivity index (χ2v) is 17.4. The number of aliphatic hydroxyl groups excluding tert-OH is 4. The van der Waals surface area contributed by atoms with Crippen LogP contribution in [0.2, 0.25) is 0 Å². The molecule has 308 valence electrons. The van der Waals surface area contributed by atoms with Crippen molar-refractivity contribution in [2.75, 3.05) is 40.5 Å². The van der Waals surface area contributed by atoms with E-state index in [0.29, 0.717) is 62.8 Å². The van der Waals surface area contributed by atoms with Gasteiger partial charge in [0.2, 0.25) is 0 Å². The molecule has 7 N–H and O–H groups in total. The maximum atomic E-state index is 12.8. The second-order valence-electron chi connectivity index (χ2n) is 17.4. The first-order chi connectivity index (χ1) is 26.8. The van der Waals surface area contributed by atoms with E-state index in [1.165, 1.54) is 11.1 Å². The predicted molar refractivity (Wildman–Crippen MR) is 223 cm³/mol. The molecule has 3 aliphatic carbocycles. The summed E-state index contributed by atoms with van der Waals surface area (Å²) in [6.45, 7) is 11.2. The van der Waals surface area contributed by atoms with Gasteiger partial charge in [-0.05, 0) is 138 Å². The van der Waals surface area contributed by atoms with Gasteiger partial charge in [0.15, 0.2) is 0 Å². The number of carbonyl (C=O) groups excluding carboxylic acids is 1. The van der Waals surface area contributed by atoms with E-state index in [2.05, 4.69) is 66.6 Å². The molecule has 0 unspecified atom stereocenters. The first-order valence-electron chi connectivity index (χ1n) is 20.7. The summed E-state index contributed by atoms with van der Waals surface area (Å²) in [5, 5.41) is 64.2. The fourth-order valence-corrected chi connectivity index (χ4v) is 10.7. The van der Waals surface area contributed by atoms with E-state index in [1.807, 2.05) is 39.1 Å².